The highest BCUT2D eigenvalue weighted by Crippen LogP contribution is 2.35. The number of hydrogen-bond acceptors (Lipinski definition) is 7. The summed E-state index contributed by atoms with van der Waals surface area (Å²) in [6.45, 7) is 6.39. The van der Waals surface area contributed by atoms with Gasteiger partial charge in [-0.25, -0.2) is 4.98 Å². The van der Waals surface area contributed by atoms with Crippen LogP contribution in [0.15, 0.2) is 32.8 Å². The minimum absolute atomic E-state index is 0.00766. The molecule has 1 amide bonds. The highest BCUT2D eigenvalue weighted by molar-refractivity contribution is 7.99. The third-order valence-electron chi connectivity index (χ3n) is 5.86. The van der Waals surface area contributed by atoms with E-state index in [2.05, 4.69) is 24.1 Å². The SMILES string of the molecule is CCN(CC)C(CNC(=O)CSc1nc2sc3c(c2c(=O)n1C)CCC3)c1ccco1. The number of nitrogens with zero attached hydrogens (tertiary/aromatic N) is 3. The monoisotopic (exact) mass is 460 g/mol. The van der Waals surface area contributed by atoms with Crippen molar-refractivity contribution in [2.75, 3.05) is 25.4 Å². The van der Waals surface area contributed by atoms with Gasteiger partial charge in [0.05, 0.1) is 23.4 Å². The molecule has 0 fully saturated rings. The molecular formula is C22H28N4O3S2. The van der Waals surface area contributed by atoms with Crippen LogP contribution in [0.4, 0.5) is 0 Å². The number of furan rings is 1. The maximum absolute atomic E-state index is 12.9. The van der Waals surface area contributed by atoms with Crippen molar-refractivity contribution in [3.05, 3.63) is 45.0 Å². The number of hydrogen-bond donors (Lipinski definition) is 1. The van der Waals surface area contributed by atoms with Gasteiger partial charge in [-0.2, -0.15) is 0 Å². The molecule has 3 heterocycles. The molecule has 31 heavy (non-hydrogen) atoms. The molecular weight excluding hydrogens is 432 g/mol. The number of likely N-dealkylation sites (N-methyl/N-ethyl adjacent to an activating group) is 1. The number of nitrogens with one attached hydrogen (secondary N) is 1. The molecule has 166 valence electrons. The molecule has 0 bridgehead atoms. The number of fused-ring (bicyclic) bond motifs is 3. The summed E-state index contributed by atoms with van der Waals surface area (Å²) < 4.78 is 7.17. The van der Waals surface area contributed by atoms with Gasteiger partial charge in [0.2, 0.25) is 5.91 Å². The van der Waals surface area contributed by atoms with Crippen molar-refractivity contribution < 1.29 is 9.21 Å². The lowest BCUT2D eigenvalue weighted by Crippen LogP contribution is -2.38. The Morgan fingerprint density at radius 2 is 2.19 bits per heavy atom. The third kappa shape index (κ3) is 4.44. The molecule has 1 aliphatic rings. The molecule has 9 heteroatoms. The molecule has 0 saturated carbocycles. The molecule has 7 nitrogen and oxygen atoms in total. The van der Waals surface area contributed by atoms with Crippen LogP contribution in [0.1, 0.15) is 42.5 Å². The number of thiophene rings is 1. The molecule has 4 rings (SSSR count). The Morgan fingerprint density at radius 3 is 2.90 bits per heavy atom. The number of aromatic nitrogens is 2. The molecule has 0 aliphatic heterocycles. The lowest BCUT2D eigenvalue weighted by Gasteiger charge is -2.28. The summed E-state index contributed by atoms with van der Waals surface area (Å²) in [5.41, 5.74) is 1.18. The van der Waals surface area contributed by atoms with E-state index in [9.17, 15) is 9.59 Å². The maximum Gasteiger partial charge on any atom is 0.262 e. The standard InChI is InChI=1S/C22H28N4O3S2/c1-4-26(5-2)15(16-9-7-11-29-16)12-23-18(27)13-30-22-24-20-19(21(28)25(22)3)14-8-6-10-17(14)31-20/h7,9,11,15H,4-6,8,10,12-13H2,1-3H3,(H,23,27). The van der Waals surface area contributed by atoms with Crippen LogP contribution >= 0.6 is 23.1 Å². The van der Waals surface area contributed by atoms with E-state index in [4.69, 9.17) is 9.40 Å². The van der Waals surface area contributed by atoms with Crippen LogP contribution in [-0.4, -0.2) is 45.7 Å². The molecule has 3 aromatic heterocycles. The summed E-state index contributed by atoms with van der Waals surface area (Å²) in [4.78, 5) is 34.5. The largest absolute Gasteiger partial charge is 0.468 e. The zero-order chi connectivity index (χ0) is 22.0. The van der Waals surface area contributed by atoms with E-state index < -0.39 is 0 Å². The second-order valence-corrected chi connectivity index (χ2v) is 9.67. The molecule has 0 spiro atoms. The second kappa shape index (κ2) is 9.58. The van der Waals surface area contributed by atoms with Crippen molar-refractivity contribution in [1.82, 2.24) is 19.8 Å². The highest BCUT2D eigenvalue weighted by atomic mass is 32.2. The van der Waals surface area contributed by atoms with Crippen molar-refractivity contribution in [3.63, 3.8) is 0 Å². The Labute approximate surface area is 189 Å². The zero-order valence-corrected chi connectivity index (χ0v) is 19.8. The second-order valence-electron chi connectivity index (χ2n) is 7.64. The van der Waals surface area contributed by atoms with E-state index in [-0.39, 0.29) is 23.3 Å². The molecule has 1 aliphatic carbocycles. The molecule has 0 saturated heterocycles. The molecule has 3 aromatic rings. The van der Waals surface area contributed by atoms with E-state index in [1.54, 1.807) is 29.2 Å². The fourth-order valence-corrected chi connectivity index (χ4v) is 6.29. The van der Waals surface area contributed by atoms with Crippen LogP contribution in [0.3, 0.4) is 0 Å². The van der Waals surface area contributed by atoms with Gasteiger partial charge in [0.25, 0.3) is 5.56 Å². The van der Waals surface area contributed by atoms with Crippen LogP contribution in [0.25, 0.3) is 10.2 Å². The van der Waals surface area contributed by atoms with E-state index in [0.29, 0.717) is 11.7 Å². The van der Waals surface area contributed by atoms with Crippen LogP contribution in [0, 0.1) is 0 Å². The first-order chi connectivity index (χ1) is 15.0. The van der Waals surface area contributed by atoms with Gasteiger partial charge < -0.3 is 9.73 Å². The smallest absolute Gasteiger partial charge is 0.262 e. The van der Waals surface area contributed by atoms with E-state index >= 15 is 0 Å². The number of carbonyl (C=O) groups is 1. The first-order valence-corrected chi connectivity index (χ1v) is 12.5. The fourth-order valence-electron chi connectivity index (χ4n) is 4.18. The topological polar surface area (TPSA) is 80.4 Å². The minimum Gasteiger partial charge on any atom is -0.468 e. The van der Waals surface area contributed by atoms with E-state index in [1.807, 2.05) is 12.1 Å². The highest BCUT2D eigenvalue weighted by Gasteiger charge is 2.24. The van der Waals surface area contributed by atoms with Crippen LogP contribution < -0.4 is 10.9 Å². The number of amides is 1. The van der Waals surface area contributed by atoms with Crippen LogP contribution in [-0.2, 0) is 24.7 Å². The Bertz CT molecular complexity index is 1120. The Hall–Kier alpha value is -2.10. The first-order valence-electron chi connectivity index (χ1n) is 10.7. The maximum atomic E-state index is 12.9. The summed E-state index contributed by atoms with van der Waals surface area (Å²) in [6, 6.07) is 3.80. The van der Waals surface area contributed by atoms with Gasteiger partial charge in [-0.3, -0.25) is 19.1 Å². The van der Waals surface area contributed by atoms with Gasteiger partial charge in [-0.05, 0) is 50.0 Å². The van der Waals surface area contributed by atoms with Gasteiger partial charge in [0, 0.05) is 18.5 Å². The normalized spacial score (nSPS) is 14.3. The van der Waals surface area contributed by atoms with E-state index in [0.717, 1.165) is 48.3 Å². The molecule has 1 unspecified atom stereocenters. The van der Waals surface area contributed by atoms with Gasteiger partial charge in [0.1, 0.15) is 10.6 Å². The summed E-state index contributed by atoms with van der Waals surface area (Å²) in [5.74, 6) is 0.966. The van der Waals surface area contributed by atoms with Crippen molar-refractivity contribution in [3.8, 4) is 0 Å². The number of aryl methyl sites for hydroxylation is 2. The van der Waals surface area contributed by atoms with Gasteiger partial charge in [-0.1, -0.05) is 25.6 Å². The number of carbonyl (C=O) groups excluding carboxylic acids is 1. The van der Waals surface area contributed by atoms with Crippen molar-refractivity contribution >= 4 is 39.2 Å². The fraction of sp³-hybridized carbons (Fsp3) is 0.500. The van der Waals surface area contributed by atoms with Gasteiger partial charge >= 0.3 is 0 Å². The van der Waals surface area contributed by atoms with Crippen LogP contribution in [0.5, 0.6) is 0 Å². The van der Waals surface area contributed by atoms with Crippen molar-refractivity contribution in [2.24, 2.45) is 7.05 Å². The predicted octanol–water partition coefficient (Wildman–Crippen LogP) is 3.37. The zero-order valence-electron chi connectivity index (χ0n) is 18.1. The summed E-state index contributed by atoms with van der Waals surface area (Å²) in [6.07, 6.45) is 4.77. The molecule has 1 N–H and O–H groups in total. The lowest BCUT2D eigenvalue weighted by atomic mass is 10.2. The summed E-state index contributed by atoms with van der Waals surface area (Å²) >= 11 is 2.93. The summed E-state index contributed by atoms with van der Waals surface area (Å²) in [5, 5.41) is 4.37. The Morgan fingerprint density at radius 1 is 1.39 bits per heavy atom. The number of thioether (sulfide) groups is 1. The van der Waals surface area contributed by atoms with Crippen molar-refractivity contribution in [2.45, 2.75) is 44.3 Å². The molecule has 0 radical (unpaired) electrons. The average Bonchev–Trinajstić information content (AvgIpc) is 3.50. The molecule has 1 atom stereocenters. The lowest BCUT2D eigenvalue weighted by molar-refractivity contribution is -0.118. The minimum atomic E-state index is -0.0864. The van der Waals surface area contributed by atoms with Gasteiger partial charge in [0.15, 0.2) is 5.16 Å². The Kier molecular flexibility index (Phi) is 6.83. The number of rotatable bonds is 9. The molecule has 0 aromatic carbocycles. The van der Waals surface area contributed by atoms with Crippen molar-refractivity contribution in [1.29, 1.82) is 0 Å². The Balaban J connectivity index is 1.42. The summed E-state index contributed by atoms with van der Waals surface area (Å²) in [7, 11) is 1.74. The van der Waals surface area contributed by atoms with Gasteiger partial charge in [-0.15, -0.1) is 11.3 Å². The van der Waals surface area contributed by atoms with Crippen LogP contribution in [0.2, 0.25) is 0 Å². The predicted molar refractivity (Wildman–Crippen MR) is 125 cm³/mol. The first kappa shape index (κ1) is 22.1. The average molecular weight is 461 g/mol. The third-order valence-corrected chi connectivity index (χ3v) is 8.07. The quantitative estimate of drug-likeness (QED) is 0.390. The van der Waals surface area contributed by atoms with E-state index in [1.165, 1.54) is 22.2 Å².